The van der Waals surface area contributed by atoms with E-state index in [4.69, 9.17) is 9.84 Å². The van der Waals surface area contributed by atoms with Gasteiger partial charge in [-0.05, 0) is 19.8 Å². The third-order valence-corrected chi connectivity index (χ3v) is 3.08. The van der Waals surface area contributed by atoms with Crippen LogP contribution in [0.2, 0.25) is 0 Å². The summed E-state index contributed by atoms with van der Waals surface area (Å²) in [5.74, 6) is -1.59. The first-order chi connectivity index (χ1) is 7.56. The van der Waals surface area contributed by atoms with Gasteiger partial charge in [-0.3, -0.25) is 9.59 Å². The van der Waals surface area contributed by atoms with E-state index in [2.05, 4.69) is 5.32 Å². The Labute approximate surface area is 95.2 Å². The first-order valence-corrected chi connectivity index (χ1v) is 5.68. The molecule has 0 radical (unpaired) electrons. The van der Waals surface area contributed by atoms with E-state index in [1.165, 1.54) is 0 Å². The van der Waals surface area contributed by atoms with Crippen molar-refractivity contribution in [3.05, 3.63) is 0 Å². The van der Waals surface area contributed by atoms with E-state index in [1.54, 1.807) is 6.92 Å². The third-order valence-electron chi connectivity index (χ3n) is 3.08. The van der Waals surface area contributed by atoms with Crippen molar-refractivity contribution < 1.29 is 19.4 Å². The van der Waals surface area contributed by atoms with Gasteiger partial charge in [0.2, 0.25) is 5.91 Å². The minimum absolute atomic E-state index is 0.0649. The molecule has 1 saturated heterocycles. The Hall–Kier alpha value is -1.10. The predicted octanol–water partition coefficient (Wildman–Crippen LogP) is 0.638. The zero-order valence-electron chi connectivity index (χ0n) is 9.73. The molecule has 3 atom stereocenters. The van der Waals surface area contributed by atoms with Gasteiger partial charge in [-0.2, -0.15) is 0 Å². The summed E-state index contributed by atoms with van der Waals surface area (Å²) in [4.78, 5) is 22.5. The number of amides is 1. The van der Waals surface area contributed by atoms with Gasteiger partial charge < -0.3 is 15.2 Å². The Morgan fingerprint density at radius 2 is 2.25 bits per heavy atom. The second-order valence-corrected chi connectivity index (χ2v) is 4.16. The van der Waals surface area contributed by atoms with Crippen LogP contribution in [0.3, 0.4) is 0 Å². The van der Waals surface area contributed by atoms with Gasteiger partial charge in [-0.25, -0.2) is 0 Å². The number of carboxylic acids is 1. The molecule has 1 aliphatic rings. The summed E-state index contributed by atoms with van der Waals surface area (Å²) in [5, 5.41) is 11.5. The molecule has 0 aromatic rings. The number of hydrogen-bond acceptors (Lipinski definition) is 3. The van der Waals surface area contributed by atoms with Crippen LogP contribution in [-0.4, -0.2) is 36.2 Å². The van der Waals surface area contributed by atoms with Gasteiger partial charge >= 0.3 is 5.97 Å². The van der Waals surface area contributed by atoms with E-state index in [-0.39, 0.29) is 24.5 Å². The van der Waals surface area contributed by atoms with Crippen molar-refractivity contribution in [2.75, 3.05) is 13.2 Å². The molecular formula is C11H19NO4. The number of nitrogens with one attached hydrogen (secondary N) is 1. The van der Waals surface area contributed by atoms with Crippen LogP contribution >= 0.6 is 0 Å². The van der Waals surface area contributed by atoms with Crippen molar-refractivity contribution in [2.45, 2.75) is 32.8 Å². The summed E-state index contributed by atoms with van der Waals surface area (Å²) in [5.41, 5.74) is 0. The van der Waals surface area contributed by atoms with E-state index in [1.807, 2.05) is 6.92 Å². The van der Waals surface area contributed by atoms with Crippen molar-refractivity contribution in [1.82, 2.24) is 5.32 Å². The highest BCUT2D eigenvalue weighted by Gasteiger charge is 2.31. The lowest BCUT2D eigenvalue weighted by Crippen LogP contribution is -2.38. The van der Waals surface area contributed by atoms with Gasteiger partial charge in [0.05, 0.1) is 17.9 Å². The monoisotopic (exact) mass is 229 g/mol. The fourth-order valence-electron chi connectivity index (χ4n) is 1.84. The molecule has 5 heteroatoms. The molecule has 0 aromatic carbocycles. The van der Waals surface area contributed by atoms with Gasteiger partial charge in [0.25, 0.3) is 0 Å². The van der Waals surface area contributed by atoms with Crippen molar-refractivity contribution in [1.29, 1.82) is 0 Å². The Morgan fingerprint density at radius 1 is 1.56 bits per heavy atom. The molecule has 0 aliphatic carbocycles. The number of aliphatic carboxylic acids is 1. The van der Waals surface area contributed by atoms with Crippen LogP contribution in [-0.2, 0) is 14.3 Å². The number of carbonyl (C=O) groups excluding carboxylic acids is 1. The predicted molar refractivity (Wildman–Crippen MR) is 57.9 cm³/mol. The summed E-state index contributed by atoms with van der Waals surface area (Å²) in [7, 11) is 0. The second-order valence-electron chi connectivity index (χ2n) is 4.16. The highest BCUT2D eigenvalue weighted by molar-refractivity contribution is 5.80. The van der Waals surface area contributed by atoms with Gasteiger partial charge in [0, 0.05) is 13.2 Å². The van der Waals surface area contributed by atoms with Gasteiger partial charge in [-0.15, -0.1) is 0 Å². The number of rotatable bonds is 5. The molecule has 5 nitrogen and oxygen atoms in total. The zero-order valence-corrected chi connectivity index (χ0v) is 9.73. The van der Waals surface area contributed by atoms with Crippen LogP contribution in [0.1, 0.15) is 26.7 Å². The highest BCUT2D eigenvalue weighted by atomic mass is 16.5. The Bertz CT molecular complexity index is 267. The van der Waals surface area contributed by atoms with Crippen molar-refractivity contribution in [2.24, 2.45) is 11.8 Å². The Balaban J connectivity index is 2.37. The molecule has 0 bridgehead atoms. The number of carbonyl (C=O) groups is 2. The standard InChI is InChI=1S/C11H19NO4/c1-3-8(11(14)15)6-12-10(13)9-4-5-16-7(9)2/h7-9H,3-6H2,1-2H3,(H,12,13)(H,14,15). The van der Waals surface area contributed by atoms with Gasteiger partial charge in [0.15, 0.2) is 0 Å². The first-order valence-electron chi connectivity index (χ1n) is 5.68. The summed E-state index contributed by atoms with van der Waals surface area (Å²) in [6, 6.07) is 0. The fourth-order valence-corrected chi connectivity index (χ4v) is 1.84. The van der Waals surface area contributed by atoms with E-state index >= 15 is 0 Å². The Morgan fingerprint density at radius 3 is 2.69 bits per heavy atom. The lowest BCUT2D eigenvalue weighted by atomic mass is 10.0. The molecule has 1 amide bonds. The van der Waals surface area contributed by atoms with E-state index in [0.29, 0.717) is 13.0 Å². The normalized spacial score (nSPS) is 26.4. The average Bonchev–Trinajstić information content (AvgIpc) is 2.64. The van der Waals surface area contributed by atoms with Crippen LogP contribution in [0, 0.1) is 11.8 Å². The molecule has 16 heavy (non-hydrogen) atoms. The molecule has 1 aliphatic heterocycles. The van der Waals surface area contributed by atoms with Crippen LogP contribution in [0.4, 0.5) is 0 Å². The molecule has 1 heterocycles. The summed E-state index contributed by atoms with van der Waals surface area (Å²) < 4.78 is 5.29. The van der Waals surface area contributed by atoms with Crippen LogP contribution in [0.25, 0.3) is 0 Å². The number of carboxylic acid groups (broad SMARTS) is 1. The molecule has 2 N–H and O–H groups in total. The third kappa shape index (κ3) is 3.20. The second kappa shape index (κ2) is 5.84. The Kier molecular flexibility index (Phi) is 4.73. The quantitative estimate of drug-likeness (QED) is 0.725. The minimum atomic E-state index is -0.862. The summed E-state index contributed by atoms with van der Waals surface area (Å²) in [6.07, 6.45) is 1.17. The molecule has 0 saturated carbocycles. The van der Waals surface area contributed by atoms with Crippen LogP contribution in [0.15, 0.2) is 0 Å². The van der Waals surface area contributed by atoms with Crippen LogP contribution in [0.5, 0.6) is 0 Å². The summed E-state index contributed by atoms with van der Waals surface area (Å²) in [6.45, 7) is 4.47. The molecule has 0 spiro atoms. The smallest absolute Gasteiger partial charge is 0.308 e. The van der Waals surface area contributed by atoms with Crippen molar-refractivity contribution in [3.63, 3.8) is 0 Å². The van der Waals surface area contributed by atoms with Crippen molar-refractivity contribution >= 4 is 11.9 Å². The molecule has 92 valence electrons. The van der Waals surface area contributed by atoms with E-state index in [0.717, 1.165) is 6.42 Å². The van der Waals surface area contributed by atoms with Gasteiger partial charge in [0.1, 0.15) is 0 Å². The maximum absolute atomic E-state index is 11.7. The maximum atomic E-state index is 11.7. The molecule has 1 fully saturated rings. The van der Waals surface area contributed by atoms with E-state index < -0.39 is 11.9 Å². The van der Waals surface area contributed by atoms with Gasteiger partial charge in [-0.1, -0.05) is 6.92 Å². The molecule has 0 aromatic heterocycles. The van der Waals surface area contributed by atoms with E-state index in [9.17, 15) is 9.59 Å². The minimum Gasteiger partial charge on any atom is -0.481 e. The SMILES string of the molecule is CCC(CNC(=O)C1CCOC1C)C(=O)O. The lowest BCUT2D eigenvalue weighted by Gasteiger charge is -2.16. The van der Waals surface area contributed by atoms with Crippen LogP contribution < -0.4 is 5.32 Å². The molecule has 3 unspecified atom stereocenters. The number of ether oxygens (including phenoxy) is 1. The highest BCUT2D eigenvalue weighted by Crippen LogP contribution is 2.20. The molecule has 1 rings (SSSR count). The first kappa shape index (κ1) is 13.0. The lowest BCUT2D eigenvalue weighted by molar-refractivity contribution is -0.141. The zero-order chi connectivity index (χ0) is 12.1. The fraction of sp³-hybridized carbons (Fsp3) is 0.818. The van der Waals surface area contributed by atoms with Crippen molar-refractivity contribution in [3.8, 4) is 0 Å². The largest absolute Gasteiger partial charge is 0.481 e. The molecular weight excluding hydrogens is 210 g/mol. The number of hydrogen-bond donors (Lipinski definition) is 2. The average molecular weight is 229 g/mol. The maximum Gasteiger partial charge on any atom is 0.308 e. The topological polar surface area (TPSA) is 75.6 Å². The summed E-state index contributed by atoms with van der Waals surface area (Å²) >= 11 is 0.